The van der Waals surface area contributed by atoms with E-state index in [2.05, 4.69) is 68.4 Å². The van der Waals surface area contributed by atoms with Crippen molar-refractivity contribution in [2.45, 2.75) is 91.1 Å². The molecule has 2 unspecified atom stereocenters. The van der Waals surface area contributed by atoms with Gasteiger partial charge in [0.15, 0.2) is 5.03 Å². The molecular formula is C32H46N6O4S. The van der Waals surface area contributed by atoms with Gasteiger partial charge in [-0.05, 0) is 87.0 Å². The van der Waals surface area contributed by atoms with Gasteiger partial charge in [-0.1, -0.05) is 40.7 Å². The Hall–Kier alpha value is -3.21. The lowest BCUT2D eigenvalue weighted by molar-refractivity contribution is -0.122. The molecule has 2 saturated heterocycles. The van der Waals surface area contributed by atoms with Crippen LogP contribution in [0.15, 0.2) is 35.4 Å². The summed E-state index contributed by atoms with van der Waals surface area (Å²) in [5.41, 5.74) is -0.298. The molecule has 43 heavy (non-hydrogen) atoms. The molecule has 0 saturated carbocycles. The van der Waals surface area contributed by atoms with Crippen LogP contribution < -0.4 is 19.8 Å². The van der Waals surface area contributed by atoms with Crippen molar-refractivity contribution in [2.75, 3.05) is 34.8 Å². The molecule has 0 aliphatic carbocycles. The Morgan fingerprint density at radius 2 is 1.79 bits per heavy atom. The second-order valence-corrected chi connectivity index (χ2v) is 16.6. The molecule has 2 aromatic rings. The first-order valence-electron chi connectivity index (χ1n) is 15.4. The number of pyridine rings is 2. The van der Waals surface area contributed by atoms with Gasteiger partial charge < -0.3 is 10.2 Å². The molecule has 5 heterocycles. The molecule has 2 fully saturated rings. The van der Waals surface area contributed by atoms with E-state index < -0.39 is 15.9 Å². The lowest BCUT2D eigenvalue weighted by Crippen LogP contribution is -2.41. The van der Waals surface area contributed by atoms with Crippen LogP contribution >= 0.6 is 0 Å². The van der Waals surface area contributed by atoms with Gasteiger partial charge >= 0.3 is 0 Å². The van der Waals surface area contributed by atoms with Gasteiger partial charge in [-0.2, -0.15) is 8.42 Å². The number of rotatable bonds is 3. The predicted octanol–water partition coefficient (Wildman–Crippen LogP) is 5.22. The molecule has 2 aromatic heterocycles. The number of amides is 2. The molecule has 5 rings (SSSR count). The van der Waals surface area contributed by atoms with Crippen LogP contribution in [0.1, 0.15) is 90.9 Å². The fourth-order valence-corrected chi connectivity index (χ4v) is 7.76. The van der Waals surface area contributed by atoms with Crippen LogP contribution in [-0.2, 0) is 14.8 Å². The number of carbonyl (C=O) groups excluding carboxylic acids is 2. The van der Waals surface area contributed by atoms with Crippen molar-refractivity contribution in [1.29, 1.82) is 0 Å². The molecular weight excluding hydrogens is 564 g/mol. The first kappa shape index (κ1) is 31.2. The van der Waals surface area contributed by atoms with Crippen LogP contribution in [0.4, 0.5) is 17.5 Å². The highest BCUT2D eigenvalue weighted by Crippen LogP contribution is 2.44. The second kappa shape index (κ2) is 11.1. The summed E-state index contributed by atoms with van der Waals surface area (Å²) in [6.45, 7) is 16.9. The Morgan fingerprint density at radius 1 is 1.05 bits per heavy atom. The average molecular weight is 611 g/mol. The van der Waals surface area contributed by atoms with Crippen LogP contribution in [0.25, 0.3) is 0 Å². The van der Waals surface area contributed by atoms with Gasteiger partial charge in [-0.25, -0.2) is 14.7 Å². The Labute approximate surface area is 256 Å². The van der Waals surface area contributed by atoms with Crippen molar-refractivity contribution in [1.82, 2.24) is 14.7 Å². The summed E-state index contributed by atoms with van der Waals surface area (Å²) in [7, 11) is -4.25. The molecule has 3 aliphatic heterocycles. The summed E-state index contributed by atoms with van der Waals surface area (Å²) in [5, 5.41) is 2.98. The van der Waals surface area contributed by atoms with E-state index in [0.29, 0.717) is 43.0 Å². The van der Waals surface area contributed by atoms with Crippen molar-refractivity contribution in [3.8, 4) is 0 Å². The number of nitrogens with zero attached hydrogens (tertiary/aromatic N) is 4. The Kier molecular flexibility index (Phi) is 8.03. The van der Waals surface area contributed by atoms with Crippen LogP contribution in [0.5, 0.6) is 0 Å². The first-order chi connectivity index (χ1) is 20.0. The second-order valence-electron chi connectivity index (χ2n) is 15.0. The van der Waals surface area contributed by atoms with Gasteiger partial charge in [0, 0.05) is 31.1 Å². The van der Waals surface area contributed by atoms with Gasteiger partial charge in [0.2, 0.25) is 5.91 Å². The third kappa shape index (κ3) is 6.51. The zero-order chi connectivity index (χ0) is 31.4. The number of nitrogens with one attached hydrogen (secondary N) is 2. The van der Waals surface area contributed by atoms with E-state index in [1.165, 1.54) is 6.07 Å². The van der Waals surface area contributed by atoms with Crippen LogP contribution in [0, 0.1) is 22.7 Å². The standard InChI is InChI=1S/C32H46N6O4S/c1-30(2,3)16-15-23-29(40)37(20-31(23,4)5)25-14-13-22-27(35-25)38-19-21(18-32(38,6)7)10-9-17-33-24-11-8-12-26(34-24)43(41,42)36-28(22)39/h8,11-14,21,23H,9-10,15-20H2,1-7H3,(H,33,34)(H,36,39). The van der Waals surface area contributed by atoms with Gasteiger partial charge in [0.25, 0.3) is 15.9 Å². The molecule has 10 nitrogen and oxygen atoms in total. The minimum atomic E-state index is -4.25. The SMILES string of the molecule is CC(C)(C)CCC1C(=O)N(c2ccc3c(n2)N2CC(CCCNc4cccc(n4)S(=O)(=O)NC3=O)CC2(C)C)CC1(C)C. The molecule has 0 radical (unpaired) electrons. The third-order valence-electron chi connectivity index (χ3n) is 9.17. The van der Waals surface area contributed by atoms with Crippen molar-refractivity contribution < 1.29 is 18.0 Å². The molecule has 2 atom stereocenters. The van der Waals surface area contributed by atoms with E-state index in [1.807, 2.05) is 0 Å². The van der Waals surface area contributed by atoms with Crippen LogP contribution in [0.2, 0.25) is 0 Å². The van der Waals surface area contributed by atoms with Crippen molar-refractivity contribution in [3.63, 3.8) is 0 Å². The number of hydrogen-bond donors (Lipinski definition) is 2. The third-order valence-corrected chi connectivity index (χ3v) is 10.4. The van der Waals surface area contributed by atoms with E-state index >= 15 is 0 Å². The number of hydrogen-bond acceptors (Lipinski definition) is 8. The quantitative estimate of drug-likeness (QED) is 0.485. The van der Waals surface area contributed by atoms with E-state index in [4.69, 9.17) is 4.98 Å². The Balaban J connectivity index is 1.55. The van der Waals surface area contributed by atoms with Crippen molar-refractivity contribution in [3.05, 3.63) is 35.9 Å². The highest BCUT2D eigenvalue weighted by molar-refractivity contribution is 7.90. The van der Waals surface area contributed by atoms with E-state index in [-0.39, 0.29) is 38.8 Å². The van der Waals surface area contributed by atoms with Crippen molar-refractivity contribution >= 4 is 39.3 Å². The predicted molar refractivity (Wildman–Crippen MR) is 169 cm³/mol. The maximum atomic E-state index is 13.8. The smallest absolute Gasteiger partial charge is 0.281 e. The number of carbonyl (C=O) groups is 2. The Bertz CT molecular complexity index is 1510. The largest absolute Gasteiger partial charge is 0.370 e. The lowest BCUT2D eigenvalue weighted by Gasteiger charge is -2.34. The van der Waals surface area contributed by atoms with Crippen molar-refractivity contribution in [2.24, 2.45) is 22.7 Å². The van der Waals surface area contributed by atoms with E-state index in [0.717, 1.165) is 32.1 Å². The minimum absolute atomic E-state index is 0.0443. The highest BCUT2D eigenvalue weighted by atomic mass is 32.2. The molecule has 234 valence electrons. The average Bonchev–Trinajstić information content (AvgIpc) is 3.34. The fourth-order valence-electron chi connectivity index (χ4n) is 6.83. The minimum Gasteiger partial charge on any atom is -0.370 e. The van der Waals surface area contributed by atoms with E-state index in [1.54, 1.807) is 29.2 Å². The molecule has 0 aromatic carbocycles. The molecule has 0 spiro atoms. The van der Waals surface area contributed by atoms with Crippen LogP contribution in [0.3, 0.4) is 0 Å². The van der Waals surface area contributed by atoms with Gasteiger partial charge in [0.1, 0.15) is 17.5 Å². The topological polar surface area (TPSA) is 125 Å². The summed E-state index contributed by atoms with van der Waals surface area (Å²) in [5.74, 6) is 0.828. The molecule has 11 heteroatoms. The first-order valence-corrected chi connectivity index (χ1v) is 16.8. The summed E-state index contributed by atoms with van der Waals surface area (Å²) in [4.78, 5) is 40.6. The fraction of sp³-hybridized carbons (Fsp3) is 0.625. The molecule has 4 bridgehead atoms. The summed E-state index contributed by atoms with van der Waals surface area (Å²) < 4.78 is 28.7. The molecule has 3 aliphatic rings. The lowest BCUT2D eigenvalue weighted by atomic mass is 9.76. The zero-order valence-corrected chi connectivity index (χ0v) is 27.3. The van der Waals surface area contributed by atoms with Gasteiger partial charge in [-0.3, -0.25) is 14.5 Å². The number of anilines is 3. The summed E-state index contributed by atoms with van der Waals surface area (Å²) in [6.07, 6.45) is 4.47. The Morgan fingerprint density at radius 3 is 2.51 bits per heavy atom. The highest BCUT2D eigenvalue weighted by Gasteiger charge is 2.48. The molecule has 2 N–H and O–H groups in total. The number of aromatic nitrogens is 2. The van der Waals surface area contributed by atoms with Gasteiger partial charge in [0.05, 0.1) is 5.56 Å². The summed E-state index contributed by atoms with van der Waals surface area (Å²) >= 11 is 0. The molecule has 2 amide bonds. The maximum absolute atomic E-state index is 13.8. The number of fused-ring (bicyclic) bond motifs is 6. The van der Waals surface area contributed by atoms with Crippen LogP contribution in [-0.4, -0.2) is 55.4 Å². The number of sulfonamides is 1. The van der Waals surface area contributed by atoms with Gasteiger partial charge in [-0.15, -0.1) is 0 Å². The summed E-state index contributed by atoms with van der Waals surface area (Å²) in [6, 6.07) is 7.97. The maximum Gasteiger partial charge on any atom is 0.281 e. The normalized spacial score (nSPS) is 24.9. The zero-order valence-electron chi connectivity index (χ0n) is 26.5. The monoisotopic (exact) mass is 610 g/mol. The van der Waals surface area contributed by atoms with E-state index in [9.17, 15) is 18.0 Å².